The summed E-state index contributed by atoms with van der Waals surface area (Å²) < 4.78 is 4.48. The van der Waals surface area contributed by atoms with Crippen LogP contribution in [0.1, 0.15) is 19.8 Å². The molecule has 6 nitrogen and oxygen atoms in total. The fourth-order valence-corrected chi connectivity index (χ4v) is 2.46. The van der Waals surface area contributed by atoms with E-state index >= 15 is 0 Å². The maximum Gasteiger partial charge on any atom is 0.325 e. The van der Waals surface area contributed by atoms with Gasteiger partial charge in [-0.2, -0.15) is 0 Å². The number of carboxylic acids is 1. The summed E-state index contributed by atoms with van der Waals surface area (Å²) in [6.45, 7) is 1.79. The number of methoxy groups -OCH3 is 1. The third-order valence-corrected chi connectivity index (χ3v) is 3.40. The van der Waals surface area contributed by atoms with Crippen LogP contribution in [0.2, 0.25) is 0 Å². The molecule has 1 rings (SSSR count). The van der Waals surface area contributed by atoms with Crippen molar-refractivity contribution in [3.63, 3.8) is 0 Å². The van der Waals surface area contributed by atoms with Crippen molar-refractivity contribution in [2.24, 2.45) is 17.8 Å². The van der Waals surface area contributed by atoms with Gasteiger partial charge in [-0.25, -0.2) is 0 Å². The first kappa shape index (κ1) is 14.5. The highest BCUT2D eigenvalue weighted by Gasteiger charge is 2.42. The van der Waals surface area contributed by atoms with Gasteiger partial charge in [0.1, 0.15) is 6.54 Å². The van der Waals surface area contributed by atoms with Gasteiger partial charge in [-0.05, 0) is 18.8 Å². The molecule has 1 N–H and O–H groups in total. The molecule has 3 atom stereocenters. The maximum atomic E-state index is 12.1. The number of aliphatic carboxylic acids is 1. The zero-order valence-electron chi connectivity index (χ0n) is 10.9. The molecule has 18 heavy (non-hydrogen) atoms. The number of carbonyl (C=O) groups excluding carboxylic acids is 2. The average Bonchev–Trinajstić information content (AvgIpc) is 2.70. The molecular formula is C12H19NO5. The lowest BCUT2D eigenvalue weighted by molar-refractivity contribution is -0.151. The van der Waals surface area contributed by atoms with E-state index in [1.165, 1.54) is 19.1 Å². The molecule has 102 valence electrons. The molecule has 0 radical (unpaired) electrons. The van der Waals surface area contributed by atoms with Crippen LogP contribution in [0.3, 0.4) is 0 Å². The first-order valence-electron chi connectivity index (χ1n) is 5.91. The van der Waals surface area contributed by atoms with Crippen LogP contribution in [0.5, 0.6) is 0 Å². The summed E-state index contributed by atoms with van der Waals surface area (Å²) in [5, 5.41) is 9.10. The lowest BCUT2D eigenvalue weighted by atomic mass is 9.95. The quantitative estimate of drug-likeness (QED) is 0.735. The second kappa shape index (κ2) is 5.84. The molecule has 0 aromatic rings. The van der Waals surface area contributed by atoms with Crippen molar-refractivity contribution < 1.29 is 24.2 Å². The van der Waals surface area contributed by atoms with Crippen LogP contribution in [-0.4, -0.2) is 48.6 Å². The zero-order chi connectivity index (χ0) is 13.9. The predicted molar refractivity (Wildman–Crippen MR) is 62.7 cm³/mol. The number of carbonyl (C=O) groups is 3. The van der Waals surface area contributed by atoms with E-state index < -0.39 is 23.8 Å². The van der Waals surface area contributed by atoms with Crippen LogP contribution in [0.25, 0.3) is 0 Å². The Labute approximate surface area is 106 Å². The molecule has 1 aliphatic rings. The van der Waals surface area contributed by atoms with Crippen LogP contribution in [0.15, 0.2) is 0 Å². The minimum atomic E-state index is -0.941. The smallest absolute Gasteiger partial charge is 0.325 e. The highest BCUT2D eigenvalue weighted by molar-refractivity contribution is 5.87. The molecule has 6 heteroatoms. The molecule has 1 saturated carbocycles. The van der Waals surface area contributed by atoms with Crippen LogP contribution in [0, 0.1) is 17.8 Å². The Balaban J connectivity index is 2.70. The number of esters is 1. The van der Waals surface area contributed by atoms with Crippen molar-refractivity contribution in [1.82, 2.24) is 4.90 Å². The average molecular weight is 257 g/mol. The van der Waals surface area contributed by atoms with Gasteiger partial charge in [-0.3, -0.25) is 14.4 Å². The zero-order valence-corrected chi connectivity index (χ0v) is 10.9. The van der Waals surface area contributed by atoms with Crippen molar-refractivity contribution in [1.29, 1.82) is 0 Å². The van der Waals surface area contributed by atoms with Gasteiger partial charge in [0.25, 0.3) is 0 Å². The van der Waals surface area contributed by atoms with Crippen molar-refractivity contribution in [3.8, 4) is 0 Å². The standard InChI is InChI=1S/C12H19NO5/c1-7-4-8(9(5-7)12(16)17)11(15)13(2)6-10(14)18-3/h7-9H,4-6H2,1-3H3,(H,16,17)/t7?,8-,9+/m0/s1. The van der Waals surface area contributed by atoms with Crippen LogP contribution >= 0.6 is 0 Å². The number of hydrogen-bond acceptors (Lipinski definition) is 4. The molecule has 1 fully saturated rings. The Bertz CT molecular complexity index is 354. The van der Waals surface area contributed by atoms with E-state index in [1.54, 1.807) is 0 Å². The fraction of sp³-hybridized carbons (Fsp3) is 0.750. The summed E-state index contributed by atoms with van der Waals surface area (Å²) in [5.41, 5.74) is 0. The van der Waals surface area contributed by atoms with Crippen LogP contribution in [-0.2, 0) is 19.1 Å². The molecule has 1 unspecified atom stereocenters. The number of amides is 1. The molecular weight excluding hydrogens is 238 g/mol. The normalized spacial score (nSPS) is 26.7. The lowest BCUT2D eigenvalue weighted by Gasteiger charge is -2.22. The Kier molecular flexibility index (Phi) is 4.69. The van der Waals surface area contributed by atoms with E-state index in [-0.39, 0.29) is 18.4 Å². The minimum Gasteiger partial charge on any atom is -0.481 e. The Morgan fingerprint density at radius 1 is 1.28 bits per heavy atom. The number of likely N-dealkylation sites (N-methyl/N-ethyl adjacent to an activating group) is 1. The van der Waals surface area contributed by atoms with Crippen molar-refractivity contribution in [3.05, 3.63) is 0 Å². The molecule has 0 aromatic carbocycles. The molecule has 1 aliphatic carbocycles. The highest BCUT2D eigenvalue weighted by atomic mass is 16.5. The Morgan fingerprint density at radius 2 is 1.83 bits per heavy atom. The van der Waals surface area contributed by atoms with Gasteiger partial charge in [-0.15, -0.1) is 0 Å². The Hall–Kier alpha value is -1.59. The maximum absolute atomic E-state index is 12.1. The lowest BCUT2D eigenvalue weighted by Crippen LogP contribution is -2.39. The van der Waals surface area contributed by atoms with Gasteiger partial charge in [0.05, 0.1) is 18.9 Å². The summed E-state index contributed by atoms with van der Waals surface area (Å²) >= 11 is 0. The van der Waals surface area contributed by atoms with E-state index in [0.29, 0.717) is 12.8 Å². The molecule has 0 aromatic heterocycles. The topological polar surface area (TPSA) is 83.9 Å². The van der Waals surface area contributed by atoms with E-state index in [9.17, 15) is 14.4 Å². The molecule has 1 amide bonds. The SMILES string of the molecule is COC(=O)CN(C)C(=O)[C@H]1CC(C)C[C@H]1C(=O)O. The first-order valence-corrected chi connectivity index (χ1v) is 5.91. The Morgan fingerprint density at radius 3 is 2.33 bits per heavy atom. The third kappa shape index (κ3) is 3.21. The minimum absolute atomic E-state index is 0.146. The predicted octanol–water partition coefficient (Wildman–Crippen LogP) is 0.365. The van der Waals surface area contributed by atoms with E-state index in [4.69, 9.17) is 5.11 Å². The van der Waals surface area contributed by atoms with Crippen molar-refractivity contribution >= 4 is 17.8 Å². The largest absolute Gasteiger partial charge is 0.481 e. The van der Waals surface area contributed by atoms with Gasteiger partial charge < -0.3 is 14.7 Å². The summed E-state index contributed by atoms with van der Waals surface area (Å²) in [5.74, 6) is -2.71. The summed E-state index contributed by atoms with van der Waals surface area (Å²) in [4.78, 5) is 35.5. The van der Waals surface area contributed by atoms with E-state index in [1.807, 2.05) is 6.92 Å². The fourth-order valence-electron chi connectivity index (χ4n) is 2.46. The number of ether oxygens (including phenoxy) is 1. The molecule has 0 bridgehead atoms. The number of rotatable bonds is 4. The number of carboxylic acid groups (broad SMARTS) is 1. The molecule has 0 heterocycles. The molecule has 0 spiro atoms. The third-order valence-electron chi connectivity index (χ3n) is 3.40. The molecule has 0 saturated heterocycles. The van der Waals surface area contributed by atoms with Gasteiger partial charge in [-0.1, -0.05) is 6.92 Å². The summed E-state index contributed by atoms with van der Waals surface area (Å²) in [6.07, 6.45) is 1.07. The van der Waals surface area contributed by atoms with Gasteiger partial charge in [0.15, 0.2) is 0 Å². The van der Waals surface area contributed by atoms with E-state index in [0.717, 1.165) is 0 Å². The summed E-state index contributed by atoms with van der Waals surface area (Å²) in [6, 6.07) is 0. The monoisotopic (exact) mass is 257 g/mol. The number of nitrogens with zero attached hydrogens (tertiary/aromatic N) is 1. The second-order valence-electron chi connectivity index (χ2n) is 4.90. The van der Waals surface area contributed by atoms with Crippen molar-refractivity contribution in [2.75, 3.05) is 20.7 Å². The van der Waals surface area contributed by atoms with Gasteiger partial charge in [0.2, 0.25) is 5.91 Å². The van der Waals surface area contributed by atoms with Crippen molar-refractivity contribution in [2.45, 2.75) is 19.8 Å². The van der Waals surface area contributed by atoms with Crippen LogP contribution in [0.4, 0.5) is 0 Å². The summed E-state index contributed by atoms with van der Waals surface area (Å²) in [7, 11) is 2.74. The molecule has 0 aliphatic heterocycles. The highest BCUT2D eigenvalue weighted by Crippen LogP contribution is 2.37. The van der Waals surface area contributed by atoms with E-state index in [2.05, 4.69) is 4.74 Å². The van der Waals surface area contributed by atoms with Gasteiger partial charge in [0, 0.05) is 7.05 Å². The number of hydrogen-bond donors (Lipinski definition) is 1. The first-order chi connectivity index (χ1) is 8.36. The second-order valence-corrected chi connectivity index (χ2v) is 4.90. The van der Waals surface area contributed by atoms with Gasteiger partial charge >= 0.3 is 11.9 Å². The van der Waals surface area contributed by atoms with Crippen LogP contribution < -0.4 is 0 Å².